The van der Waals surface area contributed by atoms with Crippen molar-refractivity contribution in [1.82, 2.24) is 18.9 Å². The van der Waals surface area contributed by atoms with Gasteiger partial charge in [0.2, 0.25) is 0 Å². The molecule has 0 atom stereocenters. The molecule has 0 amide bonds. The van der Waals surface area contributed by atoms with Crippen LogP contribution in [0.5, 0.6) is 0 Å². The smallest absolute Gasteiger partial charge is 0.245 e. The van der Waals surface area contributed by atoms with Crippen LogP contribution >= 0.6 is 11.6 Å². The Bertz CT molecular complexity index is 872. The van der Waals surface area contributed by atoms with E-state index < -0.39 is 5.69 Å². The first-order valence-corrected chi connectivity index (χ1v) is 7.01. The van der Waals surface area contributed by atoms with Crippen molar-refractivity contribution in [1.29, 1.82) is 0 Å². The van der Waals surface area contributed by atoms with Crippen LogP contribution in [0.25, 0.3) is 5.82 Å². The second-order valence-corrected chi connectivity index (χ2v) is 5.68. The molecule has 0 unspecified atom stereocenters. The number of aryl methyl sites for hydroxylation is 2. The van der Waals surface area contributed by atoms with E-state index in [9.17, 15) is 9.59 Å². The molecule has 0 radical (unpaired) electrons. The number of allylic oxidation sites excluding steroid dienone is 1. The number of aromatic nitrogens is 4. The largest absolute Gasteiger partial charge is 0.353 e. The van der Waals surface area contributed by atoms with Crippen LogP contribution in [0, 0.1) is 13.8 Å². The SMILES string of the molecule is C=C1CCn2c(=O)n(-c3nc(C)c(Cl)cc3C)c(=O)n2C1. The molecule has 21 heavy (non-hydrogen) atoms. The Labute approximate surface area is 125 Å². The van der Waals surface area contributed by atoms with E-state index in [2.05, 4.69) is 11.6 Å². The lowest BCUT2D eigenvalue weighted by Gasteiger charge is -2.16. The summed E-state index contributed by atoms with van der Waals surface area (Å²) in [6, 6.07) is 1.71. The third-order valence-electron chi connectivity index (χ3n) is 3.69. The molecule has 3 heterocycles. The lowest BCUT2D eigenvalue weighted by atomic mass is 10.2. The first-order valence-electron chi connectivity index (χ1n) is 6.63. The van der Waals surface area contributed by atoms with Gasteiger partial charge >= 0.3 is 11.4 Å². The minimum absolute atomic E-state index is 0.340. The van der Waals surface area contributed by atoms with E-state index in [0.29, 0.717) is 41.6 Å². The molecule has 0 aliphatic carbocycles. The van der Waals surface area contributed by atoms with Gasteiger partial charge in [-0.25, -0.2) is 23.9 Å². The first kappa shape index (κ1) is 13.9. The van der Waals surface area contributed by atoms with E-state index in [-0.39, 0.29) is 5.69 Å². The van der Waals surface area contributed by atoms with Gasteiger partial charge < -0.3 is 0 Å². The monoisotopic (exact) mass is 306 g/mol. The maximum atomic E-state index is 12.5. The van der Waals surface area contributed by atoms with Crippen molar-refractivity contribution in [3.8, 4) is 5.82 Å². The second-order valence-electron chi connectivity index (χ2n) is 5.28. The summed E-state index contributed by atoms with van der Waals surface area (Å²) in [5.41, 5.74) is 1.45. The quantitative estimate of drug-likeness (QED) is 0.749. The van der Waals surface area contributed by atoms with Gasteiger partial charge in [-0.15, -0.1) is 0 Å². The third-order valence-corrected chi connectivity index (χ3v) is 4.08. The van der Waals surface area contributed by atoms with Crippen molar-refractivity contribution in [2.24, 2.45) is 0 Å². The molecule has 0 aromatic carbocycles. The normalized spacial score (nSPS) is 14.3. The molecular weight excluding hydrogens is 292 g/mol. The van der Waals surface area contributed by atoms with Crippen molar-refractivity contribution in [3.63, 3.8) is 0 Å². The summed E-state index contributed by atoms with van der Waals surface area (Å²) in [6.45, 7) is 8.24. The summed E-state index contributed by atoms with van der Waals surface area (Å²) in [7, 11) is 0. The van der Waals surface area contributed by atoms with Gasteiger partial charge in [0.25, 0.3) is 0 Å². The fraction of sp³-hybridized carbons (Fsp3) is 0.357. The van der Waals surface area contributed by atoms with Gasteiger partial charge in [0, 0.05) is 6.54 Å². The third kappa shape index (κ3) is 2.06. The summed E-state index contributed by atoms with van der Waals surface area (Å²) in [6.07, 6.45) is 0.704. The molecule has 6 nitrogen and oxygen atoms in total. The van der Waals surface area contributed by atoms with E-state index in [1.165, 1.54) is 9.36 Å². The molecule has 3 rings (SSSR count). The number of nitrogens with zero attached hydrogens (tertiary/aromatic N) is 4. The van der Waals surface area contributed by atoms with Gasteiger partial charge in [0.15, 0.2) is 0 Å². The van der Waals surface area contributed by atoms with Crippen LogP contribution in [0.3, 0.4) is 0 Å². The predicted octanol–water partition coefficient (Wildman–Crippen LogP) is 1.43. The van der Waals surface area contributed by atoms with Crippen LogP contribution < -0.4 is 11.4 Å². The summed E-state index contributed by atoms with van der Waals surface area (Å²) in [5.74, 6) is 0.340. The van der Waals surface area contributed by atoms with Gasteiger partial charge in [-0.2, -0.15) is 4.57 Å². The zero-order valence-corrected chi connectivity index (χ0v) is 12.6. The van der Waals surface area contributed by atoms with Crippen molar-refractivity contribution in [2.45, 2.75) is 33.4 Å². The fourth-order valence-corrected chi connectivity index (χ4v) is 2.72. The average Bonchev–Trinajstić information content (AvgIpc) is 2.66. The molecule has 1 aliphatic rings. The molecule has 0 bridgehead atoms. The molecule has 0 N–H and O–H groups in total. The topological polar surface area (TPSA) is 61.8 Å². The van der Waals surface area contributed by atoms with Crippen molar-refractivity contribution >= 4 is 11.6 Å². The summed E-state index contributed by atoms with van der Waals surface area (Å²) < 4.78 is 3.97. The Hall–Kier alpha value is -2.08. The molecule has 1 aliphatic heterocycles. The number of rotatable bonds is 1. The lowest BCUT2D eigenvalue weighted by molar-refractivity contribution is 0.408. The summed E-state index contributed by atoms with van der Waals surface area (Å²) in [4.78, 5) is 29.3. The number of halogens is 1. The van der Waals surface area contributed by atoms with E-state index in [1.54, 1.807) is 19.9 Å². The molecule has 0 spiro atoms. The van der Waals surface area contributed by atoms with Gasteiger partial charge in [0.1, 0.15) is 5.82 Å². The Morgan fingerprint density at radius 1 is 1.24 bits per heavy atom. The van der Waals surface area contributed by atoms with E-state index in [1.807, 2.05) is 0 Å². The fourth-order valence-electron chi connectivity index (χ4n) is 2.51. The molecule has 0 saturated heterocycles. The molecule has 2 aromatic rings. The molecular formula is C14H15ClN4O2. The number of fused-ring (bicyclic) bond motifs is 1. The lowest BCUT2D eigenvalue weighted by Crippen LogP contribution is -2.31. The van der Waals surface area contributed by atoms with Crippen molar-refractivity contribution in [2.75, 3.05) is 0 Å². The van der Waals surface area contributed by atoms with Crippen LogP contribution in [-0.2, 0) is 13.1 Å². The predicted molar refractivity (Wildman–Crippen MR) is 80.3 cm³/mol. The van der Waals surface area contributed by atoms with E-state index >= 15 is 0 Å². The van der Waals surface area contributed by atoms with Crippen LogP contribution in [0.1, 0.15) is 17.7 Å². The van der Waals surface area contributed by atoms with Crippen LogP contribution in [-0.4, -0.2) is 18.9 Å². The Kier molecular flexibility index (Phi) is 3.13. The molecule has 110 valence electrons. The molecule has 2 aromatic heterocycles. The molecule has 0 saturated carbocycles. The maximum Gasteiger partial charge on any atom is 0.353 e. The van der Waals surface area contributed by atoms with Gasteiger partial charge in [-0.05, 0) is 31.9 Å². The second kappa shape index (κ2) is 4.73. The first-order chi connectivity index (χ1) is 9.90. The van der Waals surface area contributed by atoms with Crippen molar-refractivity contribution < 1.29 is 0 Å². The Morgan fingerprint density at radius 2 is 1.90 bits per heavy atom. The maximum absolute atomic E-state index is 12.5. The highest BCUT2D eigenvalue weighted by molar-refractivity contribution is 6.31. The Balaban J connectivity index is 2.31. The van der Waals surface area contributed by atoms with Crippen LogP contribution in [0.15, 0.2) is 27.8 Å². The minimum Gasteiger partial charge on any atom is -0.245 e. The number of hydrogen-bond acceptors (Lipinski definition) is 3. The molecule has 7 heteroatoms. The van der Waals surface area contributed by atoms with Gasteiger partial charge in [0.05, 0.1) is 17.3 Å². The summed E-state index contributed by atoms with van der Waals surface area (Å²) in [5, 5.41) is 0.516. The minimum atomic E-state index is -0.391. The number of hydrogen-bond donors (Lipinski definition) is 0. The van der Waals surface area contributed by atoms with Crippen LogP contribution in [0.4, 0.5) is 0 Å². The highest BCUT2D eigenvalue weighted by atomic mass is 35.5. The van der Waals surface area contributed by atoms with Gasteiger partial charge in [-0.1, -0.05) is 23.8 Å². The van der Waals surface area contributed by atoms with E-state index in [4.69, 9.17) is 11.6 Å². The number of pyridine rings is 1. The summed E-state index contributed by atoms with van der Waals surface area (Å²) >= 11 is 6.02. The highest BCUT2D eigenvalue weighted by Crippen LogP contribution is 2.18. The van der Waals surface area contributed by atoms with Gasteiger partial charge in [-0.3, -0.25) is 0 Å². The zero-order chi connectivity index (χ0) is 15.3. The van der Waals surface area contributed by atoms with Crippen molar-refractivity contribution in [3.05, 3.63) is 55.5 Å². The standard InChI is InChI=1S/C14H15ClN4O2/c1-8-4-5-17-13(20)19(14(21)18(17)7-8)12-9(2)6-11(15)10(3)16-12/h6H,1,4-5,7H2,2-3H3. The molecule has 0 fully saturated rings. The average molecular weight is 307 g/mol. The van der Waals surface area contributed by atoms with Crippen LogP contribution in [0.2, 0.25) is 5.02 Å². The highest BCUT2D eigenvalue weighted by Gasteiger charge is 2.22. The van der Waals surface area contributed by atoms with E-state index in [0.717, 1.165) is 10.1 Å². The zero-order valence-electron chi connectivity index (χ0n) is 11.9. The Morgan fingerprint density at radius 3 is 2.62 bits per heavy atom.